The minimum Gasteiger partial charge on any atom is -0.507 e. The molecule has 6 heteroatoms. The van der Waals surface area contributed by atoms with Crippen molar-refractivity contribution < 1.29 is 28.8 Å². The molecule has 7 rings (SSSR count). The molecule has 1 heterocycles. The van der Waals surface area contributed by atoms with Crippen molar-refractivity contribution in [3.8, 4) is 5.75 Å². The second kappa shape index (κ2) is 18.6. The van der Waals surface area contributed by atoms with Crippen LogP contribution in [0.3, 0.4) is 0 Å². The van der Waals surface area contributed by atoms with Crippen LogP contribution in [0.5, 0.6) is 5.75 Å². The standard InChI is InChI=1S/C47H46O6/c48-43-40(29-35-17-6-1-7-18-35)27-16-28-41(43)44-46(51-32-38-23-12-4-13-24-38)47(52-33-39-25-14-5-15-26-39)45(50-31-37-21-10-3-11-22-37)42(53-44)34-49-30-36-19-8-2-9-20-36/h1-28,42,44-48H,29-34H2/t42-,44+,45-,46+,47+/m1/s1. The van der Waals surface area contributed by atoms with Crippen LogP contribution in [-0.2, 0) is 56.5 Å². The first-order valence-electron chi connectivity index (χ1n) is 18.3. The second-order valence-electron chi connectivity index (χ2n) is 13.4. The zero-order valence-electron chi connectivity index (χ0n) is 29.8. The minimum absolute atomic E-state index is 0.184. The van der Waals surface area contributed by atoms with Gasteiger partial charge in [-0.2, -0.15) is 0 Å². The van der Waals surface area contributed by atoms with Gasteiger partial charge in [0.2, 0.25) is 0 Å². The fourth-order valence-electron chi connectivity index (χ4n) is 6.84. The normalized spacial score (nSPS) is 19.9. The lowest BCUT2D eigenvalue weighted by molar-refractivity contribution is -0.275. The minimum atomic E-state index is -0.697. The molecule has 0 spiro atoms. The Bertz CT molecular complexity index is 1940. The van der Waals surface area contributed by atoms with Gasteiger partial charge in [-0.05, 0) is 33.4 Å². The third-order valence-electron chi connectivity index (χ3n) is 9.58. The number of ether oxygens (including phenoxy) is 5. The van der Waals surface area contributed by atoms with Gasteiger partial charge < -0.3 is 28.8 Å². The molecule has 6 aromatic rings. The molecule has 1 aliphatic heterocycles. The molecule has 1 N–H and O–H groups in total. The Balaban J connectivity index is 1.27. The smallest absolute Gasteiger partial charge is 0.125 e. The molecule has 1 aliphatic rings. The molecule has 0 amide bonds. The largest absolute Gasteiger partial charge is 0.507 e. The van der Waals surface area contributed by atoms with Crippen molar-refractivity contribution in [3.63, 3.8) is 0 Å². The number of aromatic hydroxyl groups is 1. The Hall–Kier alpha value is -5.08. The molecule has 0 unspecified atom stereocenters. The summed E-state index contributed by atoms with van der Waals surface area (Å²) >= 11 is 0. The van der Waals surface area contributed by atoms with Crippen LogP contribution in [0, 0.1) is 0 Å². The summed E-state index contributed by atoms with van der Waals surface area (Å²) in [5.74, 6) is 0.184. The van der Waals surface area contributed by atoms with Crippen LogP contribution in [0.1, 0.15) is 45.0 Å². The molecule has 0 aliphatic carbocycles. The van der Waals surface area contributed by atoms with Crippen LogP contribution in [0.25, 0.3) is 0 Å². The molecule has 0 saturated carbocycles. The lowest BCUT2D eigenvalue weighted by atomic mass is 9.88. The molecule has 6 aromatic carbocycles. The van der Waals surface area contributed by atoms with Gasteiger partial charge in [0.1, 0.15) is 36.3 Å². The van der Waals surface area contributed by atoms with Crippen molar-refractivity contribution in [3.05, 3.63) is 209 Å². The van der Waals surface area contributed by atoms with Gasteiger partial charge in [-0.1, -0.05) is 170 Å². The average molecular weight is 707 g/mol. The first kappa shape index (κ1) is 36.3. The summed E-state index contributed by atoms with van der Waals surface area (Å²) in [6.45, 7) is 1.67. The van der Waals surface area contributed by atoms with Crippen molar-refractivity contribution in [1.29, 1.82) is 0 Å². The van der Waals surface area contributed by atoms with Crippen LogP contribution < -0.4 is 0 Å². The highest BCUT2D eigenvalue weighted by Gasteiger charge is 2.49. The van der Waals surface area contributed by atoms with Crippen molar-refractivity contribution >= 4 is 0 Å². The maximum atomic E-state index is 12.0. The van der Waals surface area contributed by atoms with Crippen LogP contribution in [0.4, 0.5) is 0 Å². The van der Waals surface area contributed by atoms with Crippen molar-refractivity contribution in [1.82, 2.24) is 0 Å². The number of hydrogen-bond acceptors (Lipinski definition) is 6. The third-order valence-corrected chi connectivity index (χ3v) is 9.58. The quantitative estimate of drug-likeness (QED) is 0.108. The van der Waals surface area contributed by atoms with E-state index >= 15 is 0 Å². The number of para-hydroxylation sites is 1. The summed E-state index contributed by atoms with van der Waals surface area (Å²) in [6, 6.07) is 56.4. The van der Waals surface area contributed by atoms with Gasteiger partial charge in [0.15, 0.2) is 0 Å². The molecule has 5 atom stereocenters. The highest BCUT2D eigenvalue weighted by Crippen LogP contribution is 2.42. The van der Waals surface area contributed by atoms with Gasteiger partial charge in [-0.25, -0.2) is 0 Å². The fraction of sp³-hybridized carbons (Fsp3) is 0.234. The SMILES string of the molecule is Oc1c(Cc2ccccc2)cccc1[C@@H]1O[C@H](COCc2ccccc2)[C@@H](OCc2ccccc2)[C@H](OCc2ccccc2)[C@H]1OCc1ccccc1. The number of benzene rings is 6. The van der Waals surface area contributed by atoms with Crippen molar-refractivity contribution in [2.45, 2.75) is 63.4 Å². The lowest BCUT2D eigenvalue weighted by Gasteiger charge is -2.46. The predicted molar refractivity (Wildman–Crippen MR) is 206 cm³/mol. The summed E-state index contributed by atoms with van der Waals surface area (Å²) in [6.07, 6.45) is -2.49. The number of rotatable bonds is 16. The van der Waals surface area contributed by atoms with Gasteiger partial charge in [0.05, 0.1) is 33.0 Å². The topological polar surface area (TPSA) is 66.4 Å². The Kier molecular flexibility index (Phi) is 12.7. The van der Waals surface area contributed by atoms with E-state index in [2.05, 4.69) is 24.3 Å². The van der Waals surface area contributed by atoms with Crippen LogP contribution in [-0.4, -0.2) is 36.1 Å². The molecule has 0 bridgehead atoms. The van der Waals surface area contributed by atoms with E-state index in [-0.39, 0.29) is 12.4 Å². The summed E-state index contributed by atoms with van der Waals surface area (Å²) < 4.78 is 34.0. The molecule has 0 radical (unpaired) electrons. The monoisotopic (exact) mass is 706 g/mol. The van der Waals surface area contributed by atoms with E-state index in [1.165, 1.54) is 0 Å². The first-order chi connectivity index (χ1) is 26.2. The Labute approximate surface area is 312 Å². The summed E-state index contributed by atoms with van der Waals surface area (Å²) in [4.78, 5) is 0. The molecule has 6 nitrogen and oxygen atoms in total. The zero-order chi connectivity index (χ0) is 36.1. The number of phenolic OH excluding ortho intramolecular Hbond substituents is 1. The Morgan fingerprint density at radius 3 is 1.38 bits per heavy atom. The van der Waals surface area contributed by atoms with E-state index in [0.717, 1.165) is 33.4 Å². The molecular formula is C47H46O6. The van der Waals surface area contributed by atoms with Gasteiger partial charge in [0.25, 0.3) is 0 Å². The van der Waals surface area contributed by atoms with Crippen molar-refractivity contribution in [2.24, 2.45) is 0 Å². The fourth-order valence-corrected chi connectivity index (χ4v) is 6.84. The Morgan fingerprint density at radius 1 is 0.434 bits per heavy atom. The van der Waals surface area contributed by atoms with Gasteiger partial charge >= 0.3 is 0 Å². The van der Waals surface area contributed by atoms with E-state index in [0.29, 0.717) is 38.4 Å². The summed E-state index contributed by atoms with van der Waals surface area (Å²) in [5, 5.41) is 12.0. The molecule has 270 valence electrons. The van der Waals surface area contributed by atoms with E-state index in [1.807, 2.05) is 146 Å². The van der Waals surface area contributed by atoms with E-state index < -0.39 is 30.5 Å². The van der Waals surface area contributed by atoms with E-state index in [4.69, 9.17) is 23.7 Å². The third kappa shape index (κ3) is 9.87. The van der Waals surface area contributed by atoms with Gasteiger partial charge in [-0.3, -0.25) is 0 Å². The highest BCUT2D eigenvalue weighted by atomic mass is 16.6. The maximum absolute atomic E-state index is 12.0. The number of hydrogen-bond donors (Lipinski definition) is 1. The van der Waals surface area contributed by atoms with Crippen molar-refractivity contribution in [2.75, 3.05) is 6.61 Å². The molecule has 1 fully saturated rings. The second-order valence-corrected chi connectivity index (χ2v) is 13.4. The number of phenols is 1. The Morgan fingerprint density at radius 2 is 0.868 bits per heavy atom. The van der Waals surface area contributed by atoms with Gasteiger partial charge in [0, 0.05) is 12.0 Å². The average Bonchev–Trinajstić information content (AvgIpc) is 3.21. The van der Waals surface area contributed by atoms with Gasteiger partial charge in [-0.15, -0.1) is 0 Å². The van der Waals surface area contributed by atoms with E-state index in [1.54, 1.807) is 0 Å². The molecule has 53 heavy (non-hydrogen) atoms. The summed E-state index contributed by atoms with van der Waals surface area (Å²) in [5.41, 5.74) is 6.70. The summed E-state index contributed by atoms with van der Waals surface area (Å²) in [7, 11) is 0. The molecular weight excluding hydrogens is 661 g/mol. The van der Waals surface area contributed by atoms with E-state index in [9.17, 15) is 5.11 Å². The first-order valence-corrected chi connectivity index (χ1v) is 18.3. The predicted octanol–water partition coefficient (Wildman–Crippen LogP) is 9.40. The highest BCUT2D eigenvalue weighted by molar-refractivity contribution is 5.45. The maximum Gasteiger partial charge on any atom is 0.125 e. The lowest BCUT2D eigenvalue weighted by Crippen LogP contribution is -2.58. The van der Waals surface area contributed by atoms with Crippen LogP contribution in [0.15, 0.2) is 170 Å². The van der Waals surface area contributed by atoms with Crippen LogP contribution in [0.2, 0.25) is 0 Å². The zero-order valence-corrected chi connectivity index (χ0v) is 29.8. The van der Waals surface area contributed by atoms with Crippen LogP contribution >= 0.6 is 0 Å². The molecule has 0 aromatic heterocycles. The molecule has 1 saturated heterocycles.